The average Bonchev–Trinajstić information content (AvgIpc) is 3.12. The standard InChI is InChI=1S/C19H23NO4S/c1-5-22-19(21)17-12(4)16(25-18(17)20-11(2)3)9-13-6-7-14-15(8-13)24-10-23-14/h6-8,11,20H,5,9-10H2,1-4H3. The third-order valence-corrected chi connectivity index (χ3v) is 5.17. The number of ether oxygens (including phenoxy) is 3. The lowest BCUT2D eigenvalue weighted by atomic mass is 10.1. The molecule has 1 aromatic heterocycles. The number of nitrogens with one attached hydrogen (secondary N) is 1. The fourth-order valence-electron chi connectivity index (χ4n) is 2.78. The summed E-state index contributed by atoms with van der Waals surface area (Å²) in [5, 5.41) is 4.25. The van der Waals surface area contributed by atoms with Crippen molar-refractivity contribution in [2.45, 2.75) is 40.2 Å². The molecule has 0 aliphatic carbocycles. The Balaban J connectivity index is 1.91. The molecule has 0 saturated carbocycles. The zero-order valence-corrected chi connectivity index (χ0v) is 15.8. The van der Waals surface area contributed by atoms with E-state index in [1.807, 2.05) is 32.0 Å². The summed E-state index contributed by atoms with van der Waals surface area (Å²) in [6, 6.07) is 6.21. The second-order valence-corrected chi connectivity index (χ2v) is 7.34. The highest BCUT2D eigenvalue weighted by molar-refractivity contribution is 7.16. The number of carbonyl (C=O) groups is 1. The van der Waals surface area contributed by atoms with E-state index in [2.05, 4.69) is 19.2 Å². The molecule has 2 heterocycles. The van der Waals surface area contributed by atoms with Crippen LogP contribution in [0.3, 0.4) is 0 Å². The Kier molecular flexibility index (Phi) is 5.18. The van der Waals surface area contributed by atoms with E-state index in [1.54, 1.807) is 11.3 Å². The van der Waals surface area contributed by atoms with Crippen molar-refractivity contribution in [3.05, 3.63) is 39.8 Å². The molecule has 1 aromatic carbocycles. The quantitative estimate of drug-likeness (QED) is 0.774. The molecule has 0 fully saturated rings. The number of anilines is 1. The topological polar surface area (TPSA) is 56.8 Å². The van der Waals surface area contributed by atoms with Crippen molar-refractivity contribution in [2.24, 2.45) is 0 Å². The van der Waals surface area contributed by atoms with Crippen molar-refractivity contribution in [3.8, 4) is 11.5 Å². The molecule has 0 atom stereocenters. The largest absolute Gasteiger partial charge is 0.462 e. The van der Waals surface area contributed by atoms with Gasteiger partial charge in [0.25, 0.3) is 0 Å². The zero-order chi connectivity index (χ0) is 18.0. The summed E-state index contributed by atoms with van der Waals surface area (Å²) >= 11 is 1.61. The van der Waals surface area contributed by atoms with Crippen LogP contribution in [0, 0.1) is 6.92 Å². The summed E-state index contributed by atoms with van der Waals surface area (Å²) in [5.41, 5.74) is 2.75. The summed E-state index contributed by atoms with van der Waals surface area (Å²) in [6.07, 6.45) is 0.735. The van der Waals surface area contributed by atoms with E-state index < -0.39 is 0 Å². The monoisotopic (exact) mass is 361 g/mol. The molecule has 0 radical (unpaired) electrons. The molecule has 5 nitrogen and oxygen atoms in total. The highest BCUT2D eigenvalue weighted by Gasteiger charge is 2.23. The average molecular weight is 361 g/mol. The molecule has 0 saturated heterocycles. The maximum atomic E-state index is 12.4. The maximum absolute atomic E-state index is 12.4. The predicted octanol–water partition coefficient (Wildman–Crippen LogP) is 4.37. The Hall–Kier alpha value is -2.21. The first kappa shape index (κ1) is 17.6. The first-order chi connectivity index (χ1) is 12.0. The lowest BCUT2D eigenvalue weighted by Gasteiger charge is -2.10. The van der Waals surface area contributed by atoms with E-state index in [9.17, 15) is 4.79 Å². The SMILES string of the molecule is CCOC(=O)c1c(NC(C)C)sc(Cc2ccc3c(c2)OCO3)c1C. The smallest absolute Gasteiger partial charge is 0.341 e. The van der Waals surface area contributed by atoms with Crippen LogP contribution in [0.4, 0.5) is 5.00 Å². The van der Waals surface area contributed by atoms with Gasteiger partial charge in [-0.25, -0.2) is 4.79 Å². The fourth-order valence-corrected chi connectivity index (χ4v) is 4.15. The third kappa shape index (κ3) is 3.74. The first-order valence-electron chi connectivity index (χ1n) is 8.44. The van der Waals surface area contributed by atoms with Crippen molar-refractivity contribution in [2.75, 3.05) is 18.7 Å². The van der Waals surface area contributed by atoms with E-state index in [1.165, 1.54) is 0 Å². The van der Waals surface area contributed by atoms with Gasteiger partial charge in [0.15, 0.2) is 11.5 Å². The molecule has 0 bridgehead atoms. The van der Waals surface area contributed by atoms with Gasteiger partial charge in [-0.3, -0.25) is 0 Å². The van der Waals surface area contributed by atoms with Gasteiger partial charge in [0.1, 0.15) is 5.00 Å². The first-order valence-corrected chi connectivity index (χ1v) is 9.25. The molecule has 25 heavy (non-hydrogen) atoms. The minimum absolute atomic E-state index is 0.240. The fraction of sp³-hybridized carbons (Fsp3) is 0.421. The van der Waals surface area contributed by atoms with Crippen molar-refractivity contribution in [3.63, 3.8) is 0 Å². The third-order valence-electron chi connectivity index (χ3n) is 3.95. The number of thiophene rings is 1. The molecule has 134 valence electrons. The molecule has 0 unspecified atom stereocenters. The van der Waals surface area contributed by atoms with Gasteiger partial charge in [0, 0.05) is 17.3 Å². The molecule has 1 aliphatic rings. The van der Waals surface area contributed by atoms with Crippen molar-refractivity contribution in [1.82, 2.24) is 0 Å². The summed E-state index contributed by atoms with van der Waals surface area (Å²) < 4.78 is 16.1. The van der Waals surface area contributed by atoms with Gasteiger partial charge in [0.05, 0.1) is 12.2 Å². The van der Waals surface area contributed by atoms with Crippen molar-refractivity contribution < 1.29 is 19.0 Å². The van der Waals surface area contributed by atoms with E-state index in [-0.39, 0.29) is 18.8 Å². The van der Waals surface area contributed by atoms with Crippen LogP contribution in [0.1, 0.15) is 47.1 Å². The van der Waals surface area contributed by atoms with Gasteiger partial charge in [-0.15, -0.1) is 11.3 Å². The van der Waals surface area contributed by atoms with Gasteiger partial charge in [-0.1, -0.05) is 6.07 Å². The Morgan fingerprint density at radius 3 is 2.80 bits per heavy atom. The Labute approximate surface area is 151 Å². The number of rotatable bonds is 6. The molecular weight excluding hydrogens is 338 g/mol. The van der Waals surface area contributed by atoms with Crippen LogP contribution >= 0.6 is 11.3 Å². The summed E-state index contributed by atoms with van der Waals surface area (Å²) in [7, 11) is 0. The molecular formula is C19H23NO4S. The maximum Gasteiger partial charge on any atom is 0.341 e. The lowest BCUT2D eigenvalue weighted by Crippen LogP contribution is -2.13. The molecule has 1 aliphatic heterocycles. The van der Waals surface area contributed by atoms with E-state index in [0.29, 0.717) is 12.2 Å². The van der Waals surface area contributed by atoms with Crippen molar-refractivity contribution >= 4 is 22.3 Å². The molecule has 3 rings (SSSR count). The number of fused-ring (bicyclic) bond motifs is 1. The van der Waals surface area contributed by atoms with Gasteiger partial charge in [-0.2, -0.15) is 0 Å². The predicted molar refractivity (Wildman–Crippen MR) is 99.1 cm³/mol. The number of hydrogen-bond acceptors (Lipinski definition) is 6. The van der Waals surface area contributed by atoms with Crippen LogP contribution in [0.2, 0.25) is 0 Å². The minimum atomic E-state index is -0.267. The van der Waals surface area contributed by atoms with E-state index >= 15 is 0 Å². The molecule has 0 amide bonds. The lowest BCUT2D eigenvalue weighted by molar-refractivity contribution is 0.0527. The van der Waals surface area contributed by atoms with Gasteiger partial charge >= 0.3 is 5.97 Å². The second kappa shape index (κ2) is 7.35. The van der Waals surface area contributed by atoms with Crippen LogP contribution in [-0.4, -0.2) is 25.4 Å². The van der Waals surface area contributed by atoms with Crippen molar-refractivity contribution in [1.29, 1.82) is 0 Å². The molecule has 1 N–H and O–H groups in total. The summed E-state index contributed by atoms with van der Waals surface area (Å²) in [4.78, 5) is 13.5. The van der Waals surface area contributed by atoms with Crippen LogP contribution in [0.5, 0.6) is 11.5 Å². The number of hydrogen-bond donors (Lipinski definition) is 1. The van der Waals surface area contributed by atoms with Crippen LogP contribution < -0.4 is 14.8 Å². The molecule has 6 heteroatoms. The Morgan fingerprint density at radius 2 is 2.08 bits per heavy atom. The summed E-state index contributed by atoms with van der Waals surface area (Å²) in [5.74, 6) is 1.29. The number of benzene rings is 1. The van der Waals surface area contributed by atoms with Crippen LogP contribution in [-0.2, 0) is 11.2 Å². The number of carbonyl (C=O) groups excluding carboxylic acids is 1. The Bertz CT molecular complexity index is 782. The van der Waals surface area contributed by atoms with Gasteiger partial charge < -0.3 is 19.5 Å². The van der Waals surface area contributed by atoms with Crippen LogP contribution in [0.15, 0.2) is 18.2 Å². The van der Waals surface area contributed by atoms with E-state index in [0.717, 1.165) is 38.9 Å². The second-order valence-electron chi connectivity index (χ2n) is 6.24. The number of esters is 1. The summed E-state index contributed by atoms with van der Waals surface area (Å²) in [6.45, 7) is 8.56. The molecule has 0 spiro atoms. The zero-order valence-electron chi connectivity index (χ0n) is 15.0. The van der Waals surface area contributed by atoms with Crippen LogP contribution in [0.25, 0.3) is 0 Å². The van der Waals surface area contributed by atoms with E-state index in [4.69, 9.17) is 14.2 Å². The molecule has 2 aromatic rings. The minimum Gasteiger partial charge on any atom is -0.462 e. The normalized spacial score (nSPS) is 12.5. The highest BCUT2D eigenvalue weighted by Crippen LogP contribution is 2.37. The van der Waals surface area contributed by atoms with Gasteiger partial charge in [-0.05, 0) is 51.0 Å². The highest BCUT2D eigenvalue weighted by atomic mass is 32.1. The van der Waals surface area contributed by atoms with Gasteiger partial charge in [0.2, 0.25) is 6.79 Å². The Morgan fingerprint density at radius 1 is 1.32 bits per heavy atom.